The Morgan fingerprint density at radius 1 is 0.293 bits per heavy atom. The summed E-state index contributed by atoms with van der Waals surface area (Å²) in [5, 5.41) is 10.6. The van der Waals surface area contributed by atoms with E-state index in [2.05, 4.69) is 48.5 Å². The van der Waals surface area contributed by atoms with Crippen molar-refractivity contribution in [2.75, 3.05) is 39.6 Å². The van der Waals surface area contributed by atoms with Crippen molar-refractivity contribution in [1.29, 1.82) is 0 Å². The molecule has 0 amide bonds. The van der Waals surface area contributed by atoms with Crippen molar-refractivity contribution >= 4 is 39.5 Å². The quantitative estimate of drug-likeness (QED) is 0.0222. The van der Waals surface area contributed by atoms with Crippen LogP contribution < -0.4 is 0 Å². The highest BCUT2D eigenvalue weighted by Crippen LogP contribution is 2.45. The highest BCUT2D eigenvalue weighted by atomic mass is 31.2. The maximum Gasteiger partial charge on any atom is 0.472 e. The van der Waals surface area contributed by atoms with Crippen LogP contribution in [0.5, 0.6) is 0 Å². The van der Waals surface area contributed by atoms with E-state index in [-0.39, 0.29) is 25.7 Å². The van der Waals surface area contributed by atoms with Crippen LogP contribution in [0.3, 0.4) is 0 Å². The number of unbranched alkanes of at least 4 members (excludes halogenated alkanes) is 45. The molecule has 0 radical (unpaired) electrons. The van der Waals surface area contributed by atoms with E-state index in [4.69, 9.17) is 37.0 Å². The number of esters is 4. The van der Waals surface area contributed by atoms with Gasteiger partial charge in [0.1, 0.15) is 19.3 Å². The van der Waals surface area contributed by atoms with E-state index >= 15 is 0 Å². The van der Waals surface area contributed by atoms with E-state index in [0.717, 1.165) is 108 Å². The molecule has 0 aromatic heterocycles. The molecule has 0 fully saturated rings. The first-order valence-electron chi connectivity index (χ1n) is 41.4. The number of phosphoric acid groups is 2. The average Bonchev–Trinajstić information content (AvgIpc) is 1.01. The number of phosphoric ester groups is 2. The van der Waals surface area contributed by atoms with Crippen LogP contribution in [0.2, 0.25) is 0 Å². The summed E-state index contributed by atoms with van der Waals surface area (Å²) in [4.78, 5) is 72.8. The van der Waals surface area contributed by atoms with Crippen molar-refractivity contribution in [3.63, 3.8) is 0 Å². The normalized spacial score (nSPS) is 14.3. The fourth-order valence-corrected chi connectivity index (χ4v) is 13.9. The van der Waals surface area contributed by atoms with Gasteiger partial charge in [-0.05, 0) is 43.4 Å². The molecule has 0 aliphatic rings. The second-order valence-corrected chi connectivity index (χ2v) is 32.9. The maximum atomic E-state index is 13.1. The van der Waals surface area contributed by atoms with Gasteiger partial charge in [0.05, 0.1) is 26.4 Å². The number of aliphatic hydroxyl groups is 1. The summed E-state index contributed by atoms with van der Waals surface area (Å²) in [6.07, 6.45) is 58.5. The number of ether oxygens (including phenoxy) is 4. The van der Waals surface area contributed by atoms with Gasteiger partial charge in [-0.2, -0.15) is 0 Å². The summed E-state index contributed by atoms with van der Waals surface area (Å²) in [5.41, 5.74) is 0. The van der Waals surface area contributed by atoms with Crippen molar-refractivity contribution < 1.29 is 80.2 Å². The van der Waals surface area contributed by atoms with E-state index in [1.807, 2.05) is 0 Å². The number of carbonyl (C=O) groups is 4. The Bertz CT molecular complexity index is 1920. The lowest BCUT2D eigenvalue weighted by Gasteiger charge is -2.21. The van der Waals surface area contributed by atoms with Gasteiger partial charge in [-0.1, -0.05) is 363 Å². The first-order valence-corrected chi connectivity index (χ1v) is 44.4. The van der Waals surface area contributed by atoms with Gasteiger partial charge in [-0.15, -0.1) is 0 Å². The Hall–Kier alpha value is -1.94. The van der Waals surface area contributed by atoms with Gasteiger partial charge in [0, 0.05) is 25.7 Å². The standard InChI is InChI=1S/C80H156O17P2/c1-8-10-11-12-13-32-39-47-54-61-77(82)90-68-76(97-80(85)64-57-50-43-42-46-53-60-73(7)9-2)70-95-99(88,89)93-66-74(81)65-92-98(86,87)94-69-75(67-91-78(83)62-55-48-40-35-30-26-22-19-18-21-25-29-34-38-45-52-59-72(5)6)96-79(84)63-56-49-41-36-31-27-23-17-15-14-16-20-24-28-33-37-44-51-58-71(3)4/h71-76,81H,8-70H2,1-7H3,(H,86,87)(H,88,89)/t73?,74-,75-,76-/m1/s1. The molecule has 0 heterocycles. The molecule has 6 atom stereocenters. The molecule has 0 aromatic rings. The minimum Gasteiger partial charge on any atom is -0.462 e. The Labute approximate surface area is 607 Å². The molecular weight excluding hydrogens is 1290 g/mol. The Morgan fingerprint density at radius 2 is 0.515 bits per heavy atom. The largest absolute Gasteiger partial charge is 0.472 e. The third kappa shape index (κ3) is 72.8. The predicted octanol–water partition coefficient (Wildman–Crippen LogP) is 23.7. The van der Waals surface area contributed by atoms with Gasteiger partial charge >= 0.3 is 39.5 Å². The first kappa shape index (κ1) is 97.1. The highest BCUT2D eigenvalue weighted by Gasteiger charge is 2.30. The number of hydrogen-bond acceptors (Lipinski definition) is 15. The number of hydrogen-bond donors (Lipinski definition) is 3. The van der Waals surface area contributed by atoms with Gasteiger partial charge in [-0.3, -0.25) is 37.3 Å². The summed E-state index contributed by atoms with van der Waals surface area (Å²) in [6, 6.07) is 0. The highest BCUT2D eigenvalue weighted by molar-refractivity contribution is 7.47. The number of carbonyl (C=O) groups excluding carboxylic acids is 4. The van der Waals surface area contributed by atoms with Crippen LogP contribution in [-0.4, -0.2) is 96.7 Å². The third-order valence-corrected chi connectivity index (χ3v) is 20.9. The summed E-state index contributed by atoms with van der Waals surface area (Å²) in [7, 11) is -9.91. The molecule has 0 bridgehead atoms. The van der Waals surface area contributed by atoms with E-state index in [0.29, 0.717) is 25.7 Å². The van der Waals surface area contributed by atoms with Crippen molar-refractivity contribution in [3.8, 4) is 0 Å². The summed E-state index contributed by atoms with van der Waals surface area (Å²) in [6.45, 7) is 11.9. The minimum absolute atomic E-state index is 0.103. The lowest BCUT2D eigenvalue weighted by molar-refractivity contribution is -0.161. The van der Waals surface area contributed by atoms with Gasteiger partial charge in [0.2, 0.25) is 0 Å². The van der Waals surface area contributed by atoms with Crippen LogP contribution >= 0.6 is 15.6 Å². The van der Waals surface area contributed by atoms with E-state index in [1.54, 1.807) is 0 Å². The Balaban J connectivity index is 5.18. The van der Waals surface area contributed by atoms with Crippen LogP contribution in [0.15, 0.2) is 0 Å². The lowest BCUT2D eigenvalue weighted by atomic mass is 10.00. The molecule has 99 heavy (non-hydrogen) atoms. The molecule has 0 saturated carbocycles. The third-order valence-electron chi connectivity index (χ3n) is 19.0. The molecule has 19 heteroatoms. The molecule has 3 N–H and O–H groups in total. The summed E-state index contributed by atoms with van der Waals surface area (Å²) < 4.78 is 68.6. The molecule has 0 aliphatic heterocycles. The molecule has 17 nitrogen and oxygen atoms in total. The molecule has 3 unspecified atom stereocenters. The minimum atomic E-state index is -4.96. The van der Waals surface area contributed by atoms with E-state index in [9.17, 15) is 43.2 Å². The smallest absolute Gasteiger partial charge is 0.462 e. The van der Waals surface area contributed by atoms with Gasteiger partial charge in [0.15, 0.2) is 12.2 Å². The van der Waals surface area contributed by atoms with Crippen molar-refractivity contribution in [1.82, 2.24) is 0 Å². The maximum absolute atomic E-state index is 13.1. The number of aliphatic hydroxyl groups excluding tert-OH is 1. The van der Waals surface area contributed by atoms with E-state index < -0.39 is 97.5 Å². The first-order chi connectivity index (χ1) is 47.8. The second-order valence-electron chi connectivity index (χ2n) is 30.0. The number of rotatable bonds is 78. The van der Waals surface area contributed by atoms with Gasteiger partial charge in [0.25, 0.3) is 0 Å². The monoisotopic (exact) mass is 1450 g/mol. The van der Waals surface area contributed by atoms with Gasteiger partial charge < -0.3 is 33.8 Å². The molecule has 0 saturated heterocycles. The zero-order valence-corrected chi connectivity index (χ0v) is 66.8. The topological polar surface area (TPSA) is 237 Å². The SMILES string of the molecule is CCCCCCCCCCCC(=O)OC[C@H](COP(=O)(O)OC[C@H](O)COP(=O)(O)OC[C@@H](COC(=O)CCCCCCCCCCCCCCCCCCC(C)C)OC(=O)CCCCCCCCCCCCCCCCCCCCC(C)C)OC(=O)CCCCCCCCC(C)CC. The van der Waals surface area contributed by atoms with Crippen molar-refractivity contribution in [2.24, 2.45) is 17.8 Å². The molecule has 0 spiro atoms. The van der Waals surface area contributed by atoms with Crippen molar-refractivity contribution in [2.45, 2.75) is 433 Å². The van der Waals surface area contributed by atoms with Crippen LogP contribution in [-0.2, 0) is 65.4 Å². The lowest BCUT2D eigenvalue weighted by Crippen LogP contribution is -2.30. The molecule has 0 aromatic carbocycles. The average molecular weight is 1450 g/mol. The molecule has 0 aliphatic carbocycles. The Morgan fingerprint density at radius 3 is 0.768 bits per heavy atom. The zero-order chi connectivity index (χ0) is 73.0. The summed E-state index contributed by atoms with van der Waals surface area (Å²) in [5.74, 6) is 0.236. The van der Waals surface area contributed by atoms with Gasteiger partial charge in [-0.25, -0.2) is 9.13 Å². The Kier molecular flexibility index (Phi) is 69.0. The van der Waals surface area contributed by atoms with Crippen LogP contribution in [0, 0.1) is 17.8 Å². The zero-order valence-electron chi connectivity index (χ0n) is 65.0. The second kappa shape index (κ2) is 70.4. The van der Waals surface area contributed by atoms with E-state index in [1.165, 1.54) is 225 Å². The molecule has 0 rings (SSSR count). The van der Waals surface area contributed by atoms with Crippen LogP contribution in [0.4, 0.5) is 0 Å². The fourth-order valence-electron chi connectivity index (χ4n) is 12.3. The van der Waals surface area contributed by atoms with Crippen LogP contribution in [0.25, 0.3) is 0 Å². The predicted molar refractivity (Wildman–Crippen MR) is 405 cm³/mol. The molecule has 588 valence electrons. The van der Waals surface area contributed by atoms with Crippen LogP contribution in [0.1, 0.15) is 414 Å². The fraction of sp³-hybridized carbons (Fsp3) is 0.950. The van der Waals surface area contributed by atoms with Crippen molar-refractivity contribution in [3.05, 3.63) is 0 Å². The summed E-state index contributed by atoms with van der Waals surface area (Å²) >= 11 is 0. The molecular formula is C80H156O17P2.